The van der Waals surface area contributed by atoms with Crippen molar-refractivity contribution in [2.45, 2.75) is 39.5 Å². The maximum atomic E-state index is 12.5. The van der Waals surface area contributed by atoms with Gasteiger partial charge in [0, 0.05) is 17.7 Å². The predicted molar refractivity (Wildman–Crippen MR) is 82.6 cm³/mol. The van der Waals surface area contributed by atoms with Gasteiger partial charge in [0.1, 0.15) is 12.4 Å². The van der Waals surface area contributed by atoms with Crippen LogP contribution in [0, 0.1) is 23.2 Å². The first-order valence-corrected chi connectivity index (χ1v) is 7.39. The van der Waals surface area contributed by atoms with Gasteiger partial charge in [0.05, 0.1) is 0 Å². The van der Waals surface area contributed by atoms with Crippen LogP contribution in [0.4, 0.5) is 5.82 Å². The van der Waals surface area contributed by atoms with Crippen molar-refractivity contribution < 1.29 is 9.90 Å². The highest BCUT2D eigenvalue weighted by molar-refractivity contribution is 5.92. The minimum Gasteiger partial charge on any atom is -0.384 e. The second kappa shape index (κ2) is 6.73. The van der Waals surface area contributed by atoms with Crippen LogP contribution in [0.25, 0.3) is 0 Å². The van der Waals surface area contributed by atoms with Gasteiger partial charge in [0.15, 0.2) is 0 Å². The summed E-state index contributed by atoms with van der Waals surface area (Å²) in [5.74, 6) is 5.99. The van der Waals surface area contributed by atoms with E-state index in [2.05, 4.69) is 36.0 Å². The molecule has 0 saturated heterocycles. The second-order valence-corrected chi connectivity index (χ2v) is 6.17. The molecular formula is C17H22N2O2. The molecule has 1 amide bonds. The van der Waals surface area contributed by atoms with Gasteiger partial charge >= 0.3 is 0 Å². The molecular weight excluding hydrogens is 264 g/mol. The quantitative estimate of drug-likeness (QED) is 0.821. The molecule has 1 atom stereocenters. The zero-order valence-electron chi connectivity index (χ0n) is 12.6. The number of carbonyl (C=O) groups excluding carboxylic acids is 1. The van der Waals surface area contributed by atoms with Gasteiger partial charge in [0.25, 0.3) is 0 Å². The molecule has 2 N–H and O–H groups in total. The van der Waals surface area contributed by atoms with Crippen LogP contribution in [0.15, 0.2) is 18.3 Å². The average Bonchev–Trinajstić information content (AvgIpc) is 2.45. The third-order valence-corrected chi connectivity index (χ3v) is 4.15. The van der Waals surface area contributed by atoms with Gasteiger partial charge in [-0.05, 0) is 30.4 Å². The number of hydrogen-bond acceptors (Lipinski definition) is 3. The summed E-state index contributed by atoms with van der Waals surface area (Å²) in [6.07, 6.45) is 5.94. The number of rotatable bonds is 2. The number of amides is 1. The van der Waals surface area contributed by atoms with E-state index in [0.29, 0.717) is 5.82 Å². The summed E-state index contributed by atoms with van der Waals surface area (Å²) < 4.78 is 0. The normalized spacial score (nSPS) is 20.2. The number of nitrogens with one attached hydrogen (secondary N) is 1. The molecule has 0 spiro atoms. The monoisotopic (exact) mass is 286 g/mol. The first-order valence-electron chi connectivity index (χ1n) is 7.39. The zero-order chi connectivity index (χ0) is 15.3. The van der Waals surface area contributed by atoms with Gasteiger partial charge in [-0.25, -0.2) is 4.98 Å². The third-order valence-electron chi connectivity index (χ3n) is 4.15. The highest BCUT2D eigenvalue weighted by Crippen LogP contribution is 2.40. The van der Waals surface area contributed by atoms with Crippen molar-refractivity contribution in [3.05, 3.63) is 23.9 Å². The van der Waals surface area contributed by atoms with Crippen molar-refractivity contribution >= 4 is 11.7 Å². The van der Waals surface area contributed by atoms with Crippen LogP contribution in [-0.4, -0.2) is 22.6 Å². The molecule has 1 aliphatic carbocycles. The van der Waals surface area contributed by atoms with Crippen molar-refractivity contribution in [3.8, 4) is 11.8 Å². The molecule has 0 radical (unpaired) electrons. The first-order chi connectivity index (χ1) is 10.0. The van der Waals surface area contributed by atoms with Gasteiger partial charge < -0.3 is 10.4 Å². The molecule has 4 nitrogen and oxygen atoms in total. The summed E-state index contributed by atoms with van der Waals surface area (Å²) in [6, 6.07) is 3.49. The zero-order valence-corrected chi connectivity index (χ0v) is 12.6. The molecule has 112 valence electrons. The number of pyridine rings is 1. The van der Waals surface area contributed by atoms with Crippen LogP contribution in [0.2, 0.25) is 0 Å². The van der Waals surface area contributed by atoms with Crippen LogP contribution in [0.3, 0.4) is 0 Å². The lowest BCUT2D eigenvalue weighted by Gasteiger charge is -2.37. The first kappa shape index (κ1) is 15.5. The lowest BCUT2D eigenvalue weighted by atomic mass is 9.68. The Labute approximate surface area is 126 Å². The molecule has 1 aromatic heterocycles. The fourth-order valence-electron chi connectivity index (χ4n) is 2.91. The van der Waals surface area contributed by atoms with Gasteiger partial charge in [-0.2, -0.15) is 0 Å². The largest absolute Gasteiger partial charge is 0.384 e. The van der Waals surface area contributed by atoms with E-state index in [1.54, 1.807) is 18.3 Å². The van der Waals surface area contributed by atoms with Crippen molar-refractivity contribution in [1.29, 1.82) is 0 Å². The van der Waals surface area contributed by atoms with Gasteiger partial charge in [-0.3, -0.25) is 4.79 Å². The van der Waals surface area contributed by atoms with E-state index in [0.717, 1.165) is 24.8 Å². The number of nitrogens with zero attached hydrogens (tertiary/aromatic N) is 1. The van der Waals surface area contributed by atoms with Crippen molar-refractivity contribution in [2.24, 2.45) is 11.3 Å². The maximum Gasteiger partial charge on any atom is 0.229 e. The van der Waals surface area contributed by atoms with Crippen molar-refractivity contribution in [1.82, 2.24) is 4.98 Å². The van der Waals surface area contributed by atoms with E-state index in [1.165, 1.54) is 6.42 Å². The number of aliphatic hydroxyl groups is 1. The summed E-state index contributed by atoms with van der Waals surface area (Å²) in [5.41, 5.74) is 0.772. The van der Waals surface area contributed by atoms with Gasteiger partial charge in [-0.1, -0.05) is 38.5 Å². The van der Waals surface area contributed by atoms with Gasteiger partial charge in [0.2, 0.25) is 5.91 Å². The van der Waals surface area contributed by atoms with E-state index < -0.39 is 0 Å². The summed E-state index contributed by atoms with van der Waals surface area (Å²) in [4.78, 5) is 16.6. The highest BCUT2D eigenvalue weighted by Gasteiger charge is 2.37. The predicted octanol–water partition coefficient (Wildman–Crippen LogP) is 2.58. The molecule has 1 heterocycles. The highest BCUT2D eigenvalue weighted by atomic mass is 16.2. The Morgan fingerprint density at radius 3 is 3.05 bits per heavy atom. The second-order valence-electron chi connectivity index (χ2n) is 6.17. The molecule has 1 saturated carbocycles. The minimum absolute atomic E-state index is 0.0280. The number of aliphatic hydroxyl groups excluding tert-OH is 1. The third kappa shape index (κ3) is 4.05. The molecule has 4 heteroatoms. The molecule has 0 bridgehead atoms. The molecule has 1 unspecified atom stereocenters. The summed E-state index contributed by atoms with van der Waals surface area (Å²) >= 11 is 0. The van der Waals surface area contributed by atoms with E-state index in [9.17, 15) is 4.79 Å². The molecule has 21 heavy (non-hydrogen) atoms. The van der Waals surface area contributed by atoms with E-state index >= 15 is 0 Å². The average molecular weight is 286 g/mol. The lowest BCUT2D eigenvalue weighted by molar-refractivity contribution is -0.124. The van der Waals surface area contributed by atoms with Gasteiger partial charge in [-0.15, -0.1) is 0 Å². The number of aromatic nitrogens is 1. The molecule has 0 aromatic carbocycles. The van der Waals surface area contributed by atoms with Crippen LogP contribution < -0.4 is 5.32 Å². The SMILES string of the molecule is CC1(C)CCCCC1C(=O)Nc1cc(C#CCO)ccn1. The van der Waals surface area contributed by atoms with Crippen LogP contribution in [-0.2, 0) is 4.79 Å². The summed E-state index contributed by atoms with van der Waals surface area (Å²) in [5, 5.41) is 11.6. The Morgan fingerprint density at radius 1 is 1.52 bits per heavy atom. The van der Waals surface area contributed by atoms with Crippen molar-refractivity contribution in [3.63, 3.8) is 0 Å². The Kier molecular flexibility index (Phi) is 4.98. The molecule has 1 aliphatic rings. The fourth-order valence-corrected chi connectivity index (χ4v) is 2.91. The number of hydrogen-bond donors (Lipinski definition) is 2. The standard InChI is InChI=1S/C17H22N2O2/c1-17(2)9-4-3-7-14(17)16(21)19-15-12-13(6-5-11-20)8-10-18-15/h8,10,12,14,20H,3-4,7,9,11H2,1-2H3,(H,18,19,21). The summed E-state index contributed by atoms with van der Waals surface area (Å²) in [6.45, 7) is 4.14. The Hall–Kier alpha value is -1.86. The number of carbonyl (C=O) groups is 1. The fraction of sp³-hybridized carbons (Fsp3) is 0.529. The Morgan fingerprint density at radius 2 is 2.33 bits per heavy atom. The van der Waals surface area contributed by atoms with Crippen LogP contribution in [0.1, 0.15) is 45.1 Å². The van der Waals surface area contributed by atoms with Crippen molar-refractivity contribution in [2.75, 3.05) is 11.9 Å². The molecule has 2 rings (SSSR count). The van der Waals surface area contributed by atoms with Crippen LogP contribution >= 0.6 is 0 Å². The number of anilines is 1. The Balaban J connectivity index is 2.08. The molecule has 1 fully saturated rings. The van der Waals surface area contributed by atoms with E-state index in [4.69, 9.17) is 5.11 Å². The minimum atomic E-state index is -0.180. The molecule has 1 aromatic rings. The summed E-state index contributed by atoms with van der Waals surface area (Å²) in [7, 11) is 0. The van der Waals surface area contributed by atoms with Crippen LogP contribution in [0.5, 0.6) is 0 Å². The topological polar surface area (TPSA) is 62.2 Å². The maximum absolute atomic E-state index is 12.5. The Bertz CT molecular complexity index is 570. The van der Waals surface area contributed by atoms with E-state index in [-0.39, 0.29) is 23.8 Å². The smallest absolute Gasteiger partial charge is 0.229 e. The lowest BCUT2D eigenvalue weighted by Crippen LogP contribution is -2.37. The molecule has 0 aliphatic heterocycles. The van der Waals surface area contributed by atoms with E-state index in [1.807, 2.05) is 0 Å².